The number of nitrogens with zero attached hydrogens (tertiary/aromatic N) is 3. The minimum Gasteiger partial charge on any atom is -0.265 e. The van der Waals surface area contributed by atoms with Crippen LogP contribution in [0.15, 0.2) is 55.6 Å². The van der Waals surface area contributed by atoms with E-state index in [0.717, 1.165) is 11.1 Å². The molecule has 0 N–H and O–H groups in total. The Morgan fingerprint density at radius 1 is 1.12 bits per heavy atom. The molecule has 0 aromatic carbocycles. The summed E-state index contributed by atoms with van der Waals surface area (Å²) in [6, 6.07) is 7.80. The fourth-order valence-electron chi connectivity index (χ4n) is 1.39. The summed E-state index contributed by atoms with van der Waals surface area (Å²) in [6.07, 6.45) is 7.18. The highest BCUT2D eigenvalue weighted by Gasteiger charge is 2.06. The second kappa shape index (κ2) is 4.37. The lowest BCUT2D eigenvalue weighted by atomic mass is 10.1. The summed E-state index contributed by atoms with van der Waals surface area (Å²) in [5, 5.41) is 0. The zero-order valence-electron chi connectivity index (χ0n) is 8.67. The van der Waals surface area contributed by atoms with Crippen LogP contribution in [0.25, 0.3) is 21.8 Å². The monoisotopic (exact) mass is 208 g/mol. The van der Waals surface area contributed by atoms with E-state index >= 15 is 0 Å². The van der Waals surface area contributed by atoms with Gasteiger partial charge in [0, 0.05) is 24.5 Å². The van der Waals surface area contributed by atoms with Crippen LogP contribution >= 0.6 is 0 Å². The molecule has 0 bridgehead atoms. The van der Waals surface area contributed by atoms with E-state index in [4.69, 9.17) is 6.57 Å². The molecule has 2 rings (SSSR count). The summed E-state index contributed by atoms with van der Waals surface area (Å²) in [4.78, 5) is 7.24. The third kappa shape index (κ3) is 1.96. The fourth-order valence-corrected chi connectivity index (χ4v) is 1.39. The van der Waals surface area contributed by atoms with Crippen LogP contribution < -0.4 is 4.57 Å². The predicted octanol–water partition coefficient (Wildman–Crippen LogP) is 2.38. The highest BCUT2D eigenvalue weighted by atomic mass is 15.0. The molecule has 0 aliphatic carbocycles. The Bertz CT molecular complexity index is 536. The predicted molar refractivity (Wildman–Crippen MR) is 61.8 cm³/mol. The molecule has 0 aliphatic rings. The number of hydrogen-bond donors (Lipinski definition) is 0. The smallest absolute Gasteiger partial charge is 0.265 e. The Kier molecular flexibility index (Phi) is 2.75. The van der Waals surface area contributed by atoms with Gasteiger partial charge in [0.05, 0.1) is 0 Å². The van der Waals surface area contributed by atoms with Crippen LogP contribution in [0.3, 0.4) is 0 Å². The first-order valence-electron chi connectivity index (χ1n) is 4.80. The molecular weight excluding hydrogens is 198 g/mol. The lowest BCUT2D eigenvalue weighted by Crippen LogP contribution is -2.28. The van der Waals surface area contributed by atoms with Gasteiger partial charge in [-0.05, 0) is 29.8 Å². The van der Waals surface area contributed by atoms with Crippen molar-refractivity contribution in [3.8, 4) is 11.1 Å². The molecule has 0 amide bonds. The molecule has 2 aromatic rings. The number of rotatable bonds is 2. The van der Waals surface area contributed by atoms with Gasteiger partial charge in [0.25, 0.3) is 0 Å². The SMILES string of the molecule is [C-]#[N+]C(=C)[n+]1ccc(-c2ccncc2)cc1. The second-order valence-corrected chi connectivity index (χ2v) is 3.26. The van der Waals surface area contributed by atoms with Crippen molar-refractivity contribution in [1.29, 1.82) is 0 Å². The minimum atomic E-state index is 0.390. The average Bonchev–Trinajstić information content (AvgIpc) is 2.39. The normalized spacial score (nSPS) is 9.44. The largest absolute Gasteiger partial charge is 0.417 e. The molecule has 0 spiro atoms. The molecule has 3 nitrogen and oxygen atoms in total. The van der Waals surface area contributed by atoms with Gasteiger partial charge in [-0.25, -0.2) is 0 Å². The summed E-state index contributed by atoms with van der Waals surface area (Å²) in [5.74, 6) is 0.390. The van der Waals surface area contributed by atoms with Crippen LogP contribution in [0.5, 0.6) is 0 Å². The molecule has 0 aliphatic heterocycles. The summed E-state index contributed by atoms with van der Waals surface area (Å²) < 4.78 is 1.69. The number of aromatic nitrogens is 2. The Balaban J connectivity index is 2.34. The molecule has 0 radical (unpaired) electrons. The topological polar surface area (TPSA) is 21.1 Å². The van der Waals surface area contributed by atoms with Crippen molar-refractivity contribution >= 4 is 5.82 Å². The van der Waals surface area contributed by atoms with E-state index in [1.54, 1.807) is 17.0 Å². The summed E-state index contributed by atoms with van der Waals surface area (Å²) in [6.45, 7) is 10.5. The number of hydrogen-bond acceptors (Lipinski definition) is 1. The molecule has 0 fully saturated rings. The molecule has 2 aromatic heterocycles. The Morgan fingerprint density at radius 3 is 2.25 bits per heavy atom. The maximum Gasteiger partial charge on any atom is 0.417 e. The molecule has 0 saturated heterocycles. The highest BCUT2D eigenvalue weighted by Crippen LogP contribution is 2.15. The van der Waals surface area contributed by atoms with Gasteiger partial charge in [-0.15, -0.1) is 0 Å². The van der Waals surface area contributed by atoms with Gasteiger partial charge in [-0.1, -0.05) is 0 Å². The fraction of sp³-hybridized carbons (Fsp3) is 0. The van der Waals surface area contributed by atoms with Crippen LogP contribution in [0.2, 0.25) is 0 Å². The van der Waals surface area contributed by atoms with Crippen molar-refractivity contribution in [3.05, 3.63) is 67.0 Å². The standard InChI is InChI=1S/C13H10N3/c1-11(14-2)16-9-5-13(6-10-16)12-3-7-15-8-4-12/h3-10H,1H2/q+1. The van der Waals surface area contributed by atoms with Crippen molar-refractivity contribution in [2.45, 2.75) is 0 Å². The average molecular weight is 208 g/mol. The molecule has 0 unspecified atom stereocenters. The molecule has 16 heavy (non-hydrogen) atoms. The van der Waals surface area contributed by atoms with Crippen LogP contribution in [-0.2, 0) is 0 Å². The van der Waals surface area contributed by atoms with Crippen LogP contribution in [0, 0.1) is 6.57 Å². The highest BCUT2D eigenvalue weighted by molar-refractivity contribution is 5.61. The van der Waals surface area contributed by atoms with Gasteiger partial charge >= 0.3 is 5.82 Å². The maximum atomic E-state index is 6.86. The summed E-state index contributed by atoms with van der Waals surface area (Å²) >= 11 is 0. The summed E-state index contributed by atoms with van der Waals surface area (Å²) in [7, 11) is 0. The van der Waals surface area contributed by atoms with E-state index in [1.165, 1.54) is 0 Å². The van der Waals surface area contributed by atoms with E-state index < -0.39 is 0 Å². The Hall–Kier alpha value is -2.47. The molecular formula is C13H10N3+. The molecule has 76 valence electrons. The van der Waals surface area contributed by atoms with E-state index in [-0.39, 0.29) is 0 Å². The molecule has 0 atom stereocenters. The first-order valence-corrected chi connectivity index (χ1v) is 4.80. The van der Waals surface area contributed by atoms with Crippen molar-refractivity contribution in [2.24, 2.45) is 0 Å². The Morgan fingerprint density at radius 2 is 1.69 bits per heavy atom. The van der Waals surface area contributed by atoms with E-state index in [9.17, 15) is 0 Å². The van der Waals surface area contributed by atoms with Gasteiger partial charge in [0.15, 0.2) is 12.4 Å². The van der Waals surface area contributed by atoms with E-state index in [0.29, 0.717) is 5.82 Å². The van der Waals surface area contributed by atoms with Crippen molar-refractivity contribution in [1.82, 2.24) is 4.98 Å². The van der Waals surface area contributed by atoms with Gasteiger partial charge in [0.2, 0.25) is 0 Å². The van der Waals surface area contributed by atoms with Crippen LogP contribution in [0.4, 0.5) is 0 Å². The zero-order chi connectivity index (χ0) is 11.4. The van der Waals surface area contributed by atoms with E-state index in [1.807, 2.05) is 36.7 Å². The maximum absolute atomic E-state index is 6.86. The van der Waals surface area contributed by atoms with Crippen LogP contribution in [-0.4, -0.2) is 4.98 Å². The van der Waals surface area contributed by atoms with Crippen LogP contribution in [0.1, 0.15) is 0 Å². The molecule has 2 heterocycles. The van der Waals surface area contributed by atoms with Gasteiger partial charge in [0.1, 0.15) is 6.57 Å². The molecule has 0 saturated carbocycles. The second-order valence-electron chi connectivity index (χ2n) is 3.26. The lowest BCUT2D eigenvalue weighted by molar-refractivity contribution is -0.578. The third-order valence-electron chi connectivity index (χ3n) is 2.27. The zero-order valence-corrected chi connectivity index (χ0v) is 8.67. The number of pyridine rings is 2. The van der Waals surface area contributed by atoms with Crippen molar-refractivity contribution in [2.75, 3.05) is 0 Å². The minimum absolute atomic E-state index is 0.390. The first-order chi connectivity index (χ1) is 7.81. The molecule has 3 heteroatoms. The van der Waals surface area contributed by atoms with Gasteiger partial charge in [-0.3, -0.25) is 4.98 Å². The van der Waals surface area contributed by atoms with Crippen molar-refractivity contribution in [3.63, 3.8) is 0 Å². The van der Waals surface area contributed by atoms with Crippen molar-refractivity contribution < 1.29 is 4.57 Å². The van der Waals surface area contributed by atoms with Gasteiger partial charge in [-0.2, -0.15) is 9.41 Å². The van der Waals surface area contributed by atoms with E-state index in [2.05, 4.69) is 16.4 Å². The Labute approximate surface area is 94.1 Å². The summed E-state index contributed by atoms with van der Waals surface area (Å²) in [5.41, 5.74) is 2.20. The third-order valence-corrected chi connectivity index (χ3v) is 2.27. The quantitative estimate of drug-likeness (QED) is 0.548. The van der Waals surface area contributed by atoms with Gasteiger partial charge < -0.3 is 0 Å². The first kappa shape index (κ1) is 10.1. The lowest BCUT2D eigenvalue weighted by Gasteiger charge is -1.98.